The van der Waals surface area contributed by atoms with Crippen molar-refractivity contribution in [1.82, 2.24) is 9.80 Å². The van der Waals surface area contributed by atoms with Gasteiger partial charge in [0.05, 0.1) is 10.9 Å². The van der Waals surface area contributed by atoms with Gasteiger partial charge in [-0.25, -0.2) is 9.69 Å². The molecule has 1 aromatic rings. The summed E-state index contributed by atoms with van der Waals surface area (Å²) < 4.78 is 4.71. The highest BCUT2D eigenvalue weighted by molar-refractivity contribution is 7.13. The van der Waals surface area contributed by atoms with Crippen molar-refractivity contribution in [3.05, 3.63) is 21.9 Å². The number of likely N-dealkylation sites (tertiary alicyclic amines) is 1. The maximum atomic E-state index is 12.3. The summed E-state index contributed by atoms with van der Waals surface area (Å²) in [6, 6.07) is 3.46. The molecule has 6 nitrogen and oxygen atoms in total. The third kappa shape index (κ3) is 2.18. The van der Waals surface area contributed by atoms with Crippen LogP contribution >= 0.6 is 11.3 Å². The minimum atomic E-state index is -0.596. The van der Waals surface area contributed by atoms with Crippen LogP contribution in [0.4, 0.5) is 4.79 Å². The van der Waals surface area contributed by atoms with E-state index in [0.29, 0.717) is 24.4 Å². The third-order valence-electron chi connectivity index (χ3n) is 3.55. The Morgan fingerprint density at radius 2 is 2.20 bits per heavy atom. The van der Waals surface area contributed by atoms with Gasteiger partial charge in [0.15, 0.2) is 6.61 Å². The van der Waals surface area contributed by atoms with E-state index in [1.165, 1.54) is 11.3 Å². The average Bonchev–Trinajstić information content (AvgIpc) is 3.10. The number of carbonyl (C=O) groups excluding carboxylic acids is 3. The molecule has 0 aromatic carbocycles. The summed E-state index contributed by atoms with van der Waals surface area (Å²) in [7, 11) is 0. The van der Waals surface area contributed by atoms with Gasteiger partial charge in [-0.05, 0) is 25.5 Å². The fourth-order valence-electron chi connectivity index (χ4n) is 2.56. The van der Waals surface area contributed by atoms with Crippen molar-refractivity contribution in [2.75, 3.05) is 19.7 Å². The van der Waals surface area contributed by atoms with Crippen LogP contribution in [0.15, 0.2) is 12.1 Å². The van der Waals surface area contributed by atoms with Crippen molar-refractivity contribution in [3.63, 3.8) is 0 Å². The topological polar surface area (TPSA) is 66.9 Å². The number of aryl methyl sites for hydroxylation is 1. The largest absolute Gasteiger partial charge is 0.439 e. The standard InChI is InChI=1S/C13H14N2O4S/c1-8-2-3-10(20-8)12(17)14-5-4-9(6-14)15-11(16)7-19-13(15)18/h2-3,9H,4-7H2,1H3. The first-order chi connectivity index (χ1) is 9.56. The fraction of sp³-hybridized carbons (Fsp3) is 0.462. The van der Waals surface area contributed by atoms with E-state index in [0.717, 1.165) is 9.78 Å². The number of amides is 3. The second kappa shape index (κ2) is 4.90. The molecule has 2 aliphatic heterocycles. The zero-order chi connectivity index (χ0) is 14.3. The van der Waals surface area contributed by atoms with Crippen LogP contribution < -0.4 is 0 Å². The number of nitrogens with zero attached hydrogens (tertiary/aromatic N) is 2. The summed E-state index contributed by atoms with van der Waals surface area (Å²) in [5.74, 6) is -0.355. The zero-order valence-electron chi connectivity index (χ0n) is 11.0. The molecule has 1 unspecified atom stereocenters. The van der Waals surface area contributed by atoms with Crippen LogP contribution in [0.25, 0.3) is 0 Å². The lowest BCUT2D eigenvalue weighted by Crippen LogP contribution is -2.41. The van der Waals surface area contributed by atoms with Crippen molar-refractivity contribution in [1.29, 1.82) is 0 Å². The van der Waals surface area contributed by atoms with Crippen LogP contribution in [0.2, 0.25) is 0 Å². The number of rotatable bonds is 2. The molecule has 0 radical (unpaired) electrons. The van der Waals surface area contributed by atoms with Crippen molar-refractivity contribution in [3.8, 4) is 0 Å². The number of hydrogen-bond donors (Lipinski definition) is 0. The van der Waals surface area contributed by atoms with Crippen LogP contribution in [0, 0.1) is 6.92 Å². The lowest BCUT2D eigenvalue weighted by molar-refractivity contribution is -0.127. The Kier molecular flexibility index (Phi) is 3.21. The summed E-state index contributed by atoms with van der Waals surface area (Å²) in [5, 5.41) is 0. The van der Waals surface area contributed by atoms with Crippen molar-refractivity contribution >= 4 is 29.2 Å². The molecular formula is C13H14N2O4S. The molecule has 2 fully saturated rings. The van der Waals surface area contributed by atoms with Gasteiger partial charge in [-0.15, -0.1) is 11.3 Å². The van der Waals surface area contributed by atoms with E-state index in [4.69, 9.17) is 4.74 Å². The summed E-state index contributed by atoms with van der Waals surface area (Å²) in [4.78, 5) is 40.0. The predicted octanol–water partition coefficient (Wildman–Crippen LogP) is 1.25. The second-order valence-electron chi connectivity index (χ2n) is 4.92. The van der Waals surface area contributed by atoms with Gasteiger partial charge in [-0.3, -0.25) is 9.59 Å². The lowest BCUT2D eigenvalue weighted by Gasteiger charge is -2.20. The van der Waals surface area contributed by atoms with Crippen LogP contribution in [-0.2, 0) is 9.53 Å². The molecule has 0 aliphatic carbocycles. The van der Waals surface area contributed by atoms with Crippen molar-refractivity contribution in [2.24, 2.45) is 0 Å². The first kappa shape index (κ1) is 13.1. The maximum Gasteiger partial charge on any atom is 0.417 e. The molecule has 2 saturated heterocycles. The first-order valence-electron chi connectivity index (χ1n) is 6.41. The molecule has 0 N–H and O–H groups in total. The van der Waals surface area contributed by atoms with Gasteiger partial charge in [-0.2, -0.15) is 0 Å². The van der Waals surface area contributed by atoms with Gasteiger partial charge >= 0.3 is 6.09 Å². The van der Waals surface area contributed by atoms with E-state index >= 15 is 0 Å². The molecule has 1 atom stereocenters. The van der Waals surface area contributed by atoms with Gasteiger partial charge in [0.2, 0.25) is 0 Å². The molecule has 3 heterocycles. The molecular weight excluding hydrogens is 280 g/mol. The Morgan fingerprint density at radius 1 is 1.40 bits per heavy atom. The van der Waals surface area contributed by atoms with Crippen LogP contribution in [-0.4, -0.2) is 53.4 Å². The van der Waals surface area contributed by atoms with Crippen LogP contribution in [0.3, 0.4) is 0 Å². The zero-order valence-corrected chi connectivity index (χ0v) is 11.8. The van der Waals surface area contributed by atoms with Crippen molar-refractivity contribution < 1.29 is 19.1 Å². The molecule has 106 valence electrons. The molecule has 1 aromatic heterocycles. The number of hydrogen-bond acceptors (Lipinski definition) is 5. The highest BCUT2D eigenvalue weighted by Gasteiger charge is 2.41. The molecule has 7 heteroatoms. The van der Waals surface area contributed by atoms with Crippen molar-refractivity contribution in [2.45, 2.75) is 19.4 Å². The minimum absolute atomic E-state index is 0.0365. The highest BCUT2D eigenvalue weighted by atomic mass is 32.1. The van der Waals surface area contributed by atoms with E-state index < -0.39 is 6.09 Å². The number of carbonyl (C=O) groups is 3. The normalized spacial score (nSPS) is 22.6. The smallest absolute Gasteiger partial charge is 0.417 e. The van der Waals surface area contributed by atoms with Crippen LogP contribution in [0.5, 0.6) is 0 Å². The Morgan fingerprint density at radius 3 is 2.80 bits per heavy atom. The average molecular weight is 294 g/mol. The minimum Gasteiger partial charge on any atom is -0.439 e. The van der Waals surface area contributed by atoms with Crippen LogP contribution in [0.1, 0.15) is 21.0 Å². The van der Waals surface area contributed by atoms with E-state index in [-0.39, 0.29) is 24.5 Å². The van der Waals surface area contributed by atoms with Gasteiger partial charge in [0.25, 0.3) is 11.8 Å². The quantitative estimate of drug-likeness (QED) is 0.823. The van der Waals surface area contributed by atoms with E-state index in [1.54, 1.807) is 4.90 Å². The van der Waals surface area contributed by atoms with Gasteiger partial charge in [0.1, 0.15) is 0 Å². The Balaban J connectivity index is 1.69. The first-order valence-corrected chi connectivity index (χ1v) is 7.22. The Hall–Kier alpha value is -1.89. The molecule has 0 bridgehead atoms. The summed E-state index contributed by atoms with van der Waals surface area (Å²) in [6.07, 6.45) is 0.0120. The van der Waals surface area contributed by atoms with Gasteiger partial charge in [-0.1, -0.05) is 0 Å². The number of ether oxygens (including phenoxy) is 1. The van der Waals surface area contributed by atoms with E-state index in [9.17, 15) is 14.4 Å². The monoisotopic (exact) mass is 294 g/mol. The highest BCUT2D eigenvalue weighted by Crippen LogP contribution is 2.24. The van der Waals surface area contributed by atoms with Gasteiger partial charge < -0.3 is 9.64 Å². The molecule has 0 saturated carbocycles. The fourth-order valence-corrected chi connectivity index (χ4v) is 3.39. The number of thiophene rings is 1. The van der Waals surface area contributed by atoms with E-state index in [2.05, 4.69) is 0 Å². The lowest BCUT2D eigenvalue weighted by atomic mass is 10.2. The Bertz CT molecular complexity index is 567. The summed E-state index contributed by atoms with van der Waals surface area (Å²) in [5.41, 5.74) is 0. The molecule has 20 heavy (non-hydrogen) atoms. The summed E-state index contributed by atoms with van der Waals surface area (Å²) >= 11 is 1.45. The molecule has 3 amide bonds. The Labute approximate surface area is 119 Å². The number of cyclic esters (lactones) is 1. The predicted molar refractivity (Wildman–Crippen MR) is 71.6 cm³/mol. The third-order valence-corrected chi connectivity index (χ3v) is 4.54. The molecule has 0 spiro atoms. The molecule has 3 rings (SSSR count). The maximum absolute atomic E-state index is 12.3. The summed E-state index contributed by atoms with van der Waals surface area (Å²) in [6.45, 7) is 2.70. The second-order valence-corrected chi connectivity index (χ2v) is 6.21. The van der Waals surface area contributed by atoms with E-state index in [1.807, 2.05) is 19.1 Å². The molecule has 2 aliphatic rings. The number of imide groups is 1. The SMILES string of the molecule is Cc1ccc(C(=O)N2CCC(N3C(=O)COC3=O)C2)s1. The van der Waals surface area contributed by atoms with Gasteiger partial charge in [0, 0.05) is 18.0 Å².